The highest BCUT2D eigenvalue weighted by Gasteiger charge is 2.28. The van der Waals surface area contributed by atoms with Crippen molar-refractivity contribution < 1.29 is 4.79 Å². The summed E-state index contributed by atoms with van der Waals surface area (Å²) in [5, 5.41) is 4.53. The number of aryl methyl sites for hydroxylation is 2. The van der Waals surface area contributed by atoms with E-state index in [2.05, 4.69) is 41.3 Å². The van der Waals surface area contributed by atoms with Crippen molar-refractivity contribution in [1.29, 1.82) is 0 Å². The van der Waals surface area contributed by atoms with Crippen molar-refractivity contribution in [3.8, 4) is 11.4 Å². The highest BCUT2D eigenvalue weighted by Crippen LogP contribution is 2.32. The van der Waals surface area contributed by atoms with Gasteiger partial charge >= 0.3 is 0 Å². The van der Waals surface area contributed by atoms with E-state index < -0.39 is 0 Å². The molecule has 1 atom stereocenters. The Labute approximate surface area is 163 Å². The van der Waals surface area contributed by atoms with Crippen molar-refractivity contribution in [2.45, 2.75) is 32.6 Å². The molecule has 0 saturated carbocycles. The molecule has 4 aromatic rings. The maximum Gasteiger partial charge on any atom is 0.252 e. The fourth-order valence-corrected chi connectivity index (χ4v) is 3.78. The third-order valence-electron chi connectivity index (χ3n) is 5.44. The Bertz CT molecular complexity index is 1190. The second-order valence-electron chi connectivity index (χ2n) is 7.59. The van der Waals surface area contributed by atoms with Crippen molar-refractivity contribution in [1.82, 2.24) is 19.6 Å². The Morgan fingerprint density at radius 3 is 2.29 bits per heavy atom. The third kappa shape index (κ3) is 2.89. The average Bonchev–Trinajstić information content (AvgIpc) is 3.10. The monoisotopic (exact) mass is 368 g/mol. The van der Waals surface area contributed by atoms with E-state index >= 15 is 0 Å². The van der Waals surface area contributed by atoms with E-state index in [0.29, 0.717) is 23.6 Å². The molecular formula is C23H20N4O. The number of ketones is 1. The molecule has 2 heterocycles. The van der Waals surface area contributed by atoms with E-state index in [-0.39, 0.29) is 11.7 Å². The summed E-state index contributed by atoms with van der Waals surface area (Å²) >= 11 is 0. The van der Waals surface area contributed by atoms with E-state index in [1.165, 1.54) is 16.7 Å². The van der Waals surface area contributed by atoms with Crippen molar-refractivity contribution >= 4 is 11.6 Å². The molecule has 1 unspecified atom stereocenters. The van der Waals surface area contributed by atoms with Gasteiger partial charge in [0.05, 0.1) is 11.3 Å². The highest BCUT2D eigenvalue weighted by atomic mass is 16.1. The first-order valence-corrected chi connectivity index (χ1v) is 9.50. The fraction of sp³-hybridized carbons (Fsp3) is 0.217. The molecule has 0 spiro atoms. The van der Waals surface area contributed by atoms with Gasteiger partial charge < -0.3 is 0 Å². The number of carbonyl (C=O) groups excluding carboxylic acids is 1. The molecule has 1 aliphatic carbocycles. The molecule has 0 aliphatic heterocycles. The number of aromatic nitrogens is 4. The van der Waals surface area contributed by atoms with E-state index in [9.17, 15) is 4.79 Å². The predicted molar refractivity (Wildman–Crippen MR) is 108 cm³/mol. The Kier molecular flexibility index (Phi) is 3.83. The summed E-state index contributed by atoms with van der Waals surface area (Å²) in [5.74, 6) is 1.44. The molecular weight excluding hydrogens is 348 g/mol. The van der Waals surface area contributed by atoms with Crippen LogP contribution in [0.15, 0.2) is 54.7 Å². The summed E-state index contributed by atoms with van der Waals surface area (Å²) < 4.78 is 1.62. The topological polar surface area (TPSA) is 60.1 Å². The van der Waals surface area contributed by atoms with Gasteiger partial charge in [0.1, 0.15) is 0 Å². The van der Waals surface area contributed by atoms with E-state index in [1.54, 1.807) is 10.7 Å². The molecule has 2 aromatic carbocycles. The minimum atomic E-state index is 0.119. The first-order chi connectivity index (χ1) is 13.6. The minimum Gasteiger partial charge on any atom is -0.294 e. The van der Waals surface area contributed by atoms with Crippen LogP contribution in [0.5, 0.6) is 0 Å². The van der Waals surface area contributed by atoms with Gasteiger partial charge in [-0.25, -0.2) is 9.50 Å². The number of hydrogen-bond acceptors (Lipinski definition) is 4. The molecule has 0 amide bonds. The number of benzene rings is 2. The van der Waals surface area contributed by atoms with Crippen LogP contribution < -0.4 is 0 Å². The zero-order valence-electron chi connectivity index (χ0n) is 15.9. The van der Waals surface area contributed by atoms with Gasteiger partial charge in [0.2, 0.25) is 0 Å². The smallest absolute Gasteiger partial charge is 0.252 e. The average molecular weight is 368 g/mol. The quantitative estimate of drug-likeness (QED) is 0.529. The van der Waals surface area contributed by atoms with Crippen LogP contribution in [0.3, 0.4) is 0 Å². The number of fused-ring (bicyclic) bond motifs is 2. The first kappa shape index (κ1) is 16.8. The molecule has 0 radical (unpaired) electrons. The second-order valence-corrected chi connectivity index (χ2v) is 7.59. The maximum absolute atomic E-state index is 12.8. The largest absolute Gasteiger partial charge is 0.294 e. The normalized spacial score (nSPS) is 16.4. The molecule has 5 nitrogen and oxygen atoms in total. The van der Waals surface area contributed by atoms with Crippen molar-refractivity contribution in [3.63, 3.8) is 0 Å². The lowest BCUT2D eigenvalue weighted by atomic mass is 9.82. The van der Waals surface area contributed by atoms with E-state index in [4.69, 9.17) is 4.98 Å². The zero-order chi connectivity index (χ0) is 19.3. The molecule has 0 N–H and O–H groups in total. The number of nitrogens with zero attached hydrogens (tertiary/aromatic N) is 4. The summed E-state index contributed by atoms with van der Waals surface area (Å²) in [6.45, 7) is 4.12. The SMILES string of the molecule is Cc1ccc(-c2nc3nc4c(cn3n2)C(=O)CC(c2ccc(C)cc2)C4)cc1. The predicted octanol–water partition coefficient (Wildman–Crippen LogP) is 4.32. The maximum atomic E-state index is 12.8. The van der Waals surface area contributed by atoms with Crippen LogP contribution in [0.2, 0.25) is 0 Å². The Hall–Kier alpha value is -3.34. The molecule has 28 heavy (non-hydrogen) atoms. The van der Waals surface area contributed by atoms with Crippen LogP contribution in [0.1, 0.15) is 45.1 Å². The first-order valence-electron chi connectivity index (χ1n) is 9.50. The van der Waals surface area contributed by atoms with Gasteiger partial charge in [0.15, 0.2) is 11.6 Å². The standard InChI is InChI=1S/C23H20N4O/c1-14-3-7-16(8-4-14)18-11-20-19(21(28)12-18)13-27-23(24-20)25-22(26-27)17-9-5-15(2)6-10-17/h3-10,13,18H,11-12H2,1-2H3. The lowest BCUT2D eigenvalue weighted by molar-refractivity contribution is 0.0962. The molecule has 5 rings (SSSR count). The molecule has 2 aromatic heterocycles. The van der Waals surface area contributed by atoms with Crippen LogP contribution in [-0.4, -0.2) is 25.4 Å². The van der Waals surface area contributed by atoms with Crippen molar-refractivity contribution in [2.75, 3.05) is 0 Å². The summed E-state index contributed by atoms with van der Waals surface area (Å²) in [7, 11) is 0. The Balaban J connectivity index is 1.53. The van der Waals surface area contributed by atoms with Gasteiger partial charge in [-0.05, 0) is 31.7 Å². The van der Waals surface area contributed by atoms with Crippen LogP contribution >= 0.6 is 0 Å². The van der Waals surface area contributed by atoms with E-state index in [1.807, 2.05) is 31.2 Å². The summed E-state index contributed by atoms with van der Waals surface area (Å²) in [4.78, 5) is 22.1. The Morgan fingerprint density at radius 1 is 0.893 bits per heavy atom. The summed E-state index contributed by atoms with van der Waals surface area (Å²) in [5.41, 5.74) is 6.02. The molecule has 0 fully saturated rings. The van der Waals surface area contributed by atoms with E-state index in [0.717, 1.165) is 17.7 Å². The fourth-order valence-electron chi connectivity index (χ4n) is 3.78. The number of rotatable bonds is 2. The van der Waals surface area contributed by atoms with Crippen LogP contribution in [0.4, 0.5) is 0 Å². The Morgan fingerprint density at radius 2 is 1.57 bits per heavy atom. The van der Waals surface area contributed by atoms with Crippen LogP contribution in [0, 0.1) is 13.8 Å². The molecule has 0 saturated heterocycles. The molecule has 5 heteroatoms. The molecule has 0 bridgehead atoms. The van der Waals surface area contributed by atoms with Gasteiger partial charge in [0.25, 0.3) is 5.78 Å². The van der Waals surface area contributed by atoms with Gasteiger partial charge in [0, 0.05) is 18.2 Å². The lowest BCUT2D eigenvalue weighted by Crippen LogP contribution is -2.21. The lowest BCUT2D eigenvalue weighted by Gasteiger charge is -2.23. The van der Waals surface area contributed by atoms with Crippen LogP contribution in [0.25, 0.3) is 17.2 Å². The zero-order valence-corrected chi connectivity index (χ0v) is 15.9. The van der Waals surface area contributed by atoms with Gasteiger partial charge in [-0.2, -0.15) is 4.98 Å². The number of carbonyl (C=O) groups is 1. The van der Waals surface area contributed by atoms with Gasteiger partial charge in [-0.1, -0.05) is 59.7 Å². The molecule has 1 aliphatic rings. The highest BCUT2D eigenvalue weighted by molar-refractivity contribution is 5.98. The van der Waals surface area contributed by atoms with Gasteiger partial charge in [-0.15, -0.1) is 5.10 Å². The third-order valence-corrected chi connectivity index (χ3v) is 5.44. The summed E-state index contributed by atoms with van der Waals surface area (Å²) in [6.07, 6.45) is 3.03. The molecule has 138 valence electrons. The number of Topliss-reactive ketones (excluding diaryl/α,β-unsaturated/α-hetero) is 1. The van der Waals surface area contributed by atoms with Gasteiger partial charge in [-0.3, -0.25) is 4.79 Å². The second kappa shape index (κ2) is 6.37. The van der Waals surface area contributed by atoms with Crippen LogP contribution in [-0.2, 0) is 6.42 Å². The minimum absolute atomic E-state index is 0.119. The van der Waals surface area contributed by atoms with Crippen molar-refractivity contribution in [2.24, 2.45) is 0 Å². The van der Waals surface area contributed by atoms with Crippen molar-refractivity contribution in [3.05, 3.63) is 82.7 Å². The number of hydrogen-bond donors (Lipinski definition) is 0. The summed E-state index contributed by atoms with van der Waals surface area (Å²) in [6, 6.07) is 16.5.